The van der Waals surface area contributed by atoms with Crippen molar-refractivity contribution in [1.82, 2.24) is 0 Å². The van der Waals surface area contributed by atoms with Crippen LogP contribution in [0.5, 0.6) is 0 Å². The summed E-state index contributed by atoms with van der Waals surface area (Å²) in [6.45, 7) is 0.655. The number of hydrogen-bond donors (Lipinski definition) is 0. The molecule has 0 heterocycles. The summed E-state index contributed by atoms with van der Waals surface area (Å²) >= 11 is 0. The lowest BCUT2D eigenvalue weighted by molar-refractivity contribution is -0.149. The van der Waals surface area contributed by atoms with Gasteiger partial charge in [-0.15, -0.1) is 6.42 Å². The molecule has 3 heteroatoms. The van der Waals surface area contributed by atoms with Crippen LogP contribution < -0.4 is 0 Å². The van der Waals surface area contributed by atoms with Gasteiger partial charge in [-0.3, -0.25) is 4.79 Å². The molecule has 0 aliphatic heterocycles. The molecule has 0 bridgehead atoms. The fraction of sp³-hybridized carbons (Fsp3) is 0.667. The third-order valence-electron chi connectivity index (χ3n) is 2.04. The number of rotatable bonds is 4. The van der Waals surface area contributed by atoms with Crippen LogP contribution in [-0.4, -0.2) is 26.3 Å². The highest BCUT2D eigenvalue weighted by Gasteiger charge is 2.51. The third-order valence-corrected chi connectivity index (χ3v) is 2.04. The molecule has 12 heavy (non-hydrogen) atoms. The maximum Gasteiger partial charge on any atom is 0.314 e. The standard InChI is InChI=1S/C9H12O3/c1-3-6-12-7-9(4-5-9)8(10)11-2/h1H,4-7H2,2H3. The van der Waals surface area contributed by atoms with E-state index in [0.717, 1.165) is 12.8 Å². The lowest BCUT2D eigenvalue weighted by Crippen LogP contribution is -2.23. The van der Waals surface area contributed by atoms with Crippen molar-refractivity contribution in [2.45, 2.75) is 12.8 Å². The minimum atomic E-state index is -0.369. The Balaban J connectivity index is 2.31. The van der Waals surface area contributed by atoms with Crippen molar-refractivity contribution in [3.8, 4) is 12.3 Å². The molecule has 1 rings (SSSR count). The van der Waals surface area contributed by atoms with E-state index in [9.17, 15) is 4.79 Å². The molecule has 1 saturated carbocycles. The van der Waals surface area contributed by atoms with Crippen molar-refractivity contribution >= 4 is 5.97 Å². The fourth-order valence-corrected chi connectivity index (χ4v) is 1.08. The predicted octanol–water partition coefficient (Wildman–Crippen LogP) is 0.589. The highest BCUT2D eigenvalue weighted by molar-refractivity contribution is 5.79. The van der Waals surface area contributed by atoms with Gasteiger partial charge in [0.05, 0.1) is 19.1 Å². The maximum atomic E-state index is 11.1. The lowest BCUT2D eigenvalue weighted by atomic mass is 10.1. The fourth-order valence-electron chi connectivity index (χ4n) is 1.08. The molecule has 1 fully saturated rings. The van der Waals surface area contributed by atoms with Crippen LogP contribution in [0.25, 0.3) is 0 Å². The second-order valence-electron chi connectivity index (χ2n) is 2.97. The van der Waals surface area contributed by atoms with Crippen LogP contribution in [0, 0.1) is 17.8 Å². The van der Waals surface area contributed by atoms with Gasteiger partial charge < -0.3 is 9.47 Å². The van der Waals surface area contributed by atoms with E-state index in [1.54, 1.807) is 0 Å². The zero-order chi connectivity index (χ0) is 9.03. The average molecular weight is 168 g/mol. The first-order valence-corrected chi connectivity index (χ1v) is 3.85. The molecular weight excluding hydrogens is 156 g/mol. The molecule has 0 amide bonds. The number of carbonyl (C=O) groups excluding carboxylic acids is 1. The van der Waals surface area contributed by atoms with Gasteiger partial charge in [0.15, 0.2) is 0 Å². The summed E-state index contributed by atoms with van der Waals surface area (Å²) in [5.41, 5.74) is -0.369. The number of methoxy groups -OCH3 is 1. The van der Waals surface area contributed by atoms with Crippen LogP contribution in [0.3, 0.4) is 0 Å². The zero-order valence-electron chi connectivity index (χ0n) is 7.13. The van der Waals surface area contributed by atoms with Crippen molar-refractivity contribution < 1.29 is 14.3 Å². The van der Waals surface area contributed by atoms with Crippen LogP contribution in [0.15, 0.2) is 0 Å². The van der Waals surface area contributed by atoms with Gasteiger partial charge in [0.1, 0.15) is 6.61 Å². The molecule has 0 aromatic carbocycles. The molecule has 0 N–H and O–H groups in total. The lowest BCUT2D eigenvalue weighted by Gasteiger charge is -2.10. The van der Waals surface area contributed by atoms with Gasteiger partial charge in [0.2, 0.25) is 0 Å². The van der Waals surface area contributed by atoms with Crippen molar-refractivity contribution in [3.63, 3.8) is 0 Å². The Kier molecular flexibility index (Phi) is 2.72. The summed E-state index contributed by atoms with van der Waals surface area (Å²) in [6, 6.07) is 0. The molecule has 0 spiro atoms. The zero-order valence-corrected chi connectivity index (χ0v) is 7.13. The van der Waals surface area contributed by atoms with Crippen molar-refractivity contribution in [3.05, 3.63) is 0 Å². The van der Waals surface area contributed by atoms with E-state index in [-0.39, 0.29) is 18.0 Å². The number of hydrogen-bond acceptors (Lipinski definition) is 3. The SMILES string of the molecule is C#CCOCC1(C(=O)OC)CC1. The Hall–Kier alpha value is -1.01. The van der Waals surface area contributed by atoms with E-state index in [2.05, 4.69) is 10.7 Å². The van der Waals surface area contributed by atoms with Gasteiger partial charge in [0.25, 0.3) is 0 Å². The molecule has 1 aliphatic rings. The molecule has 0 atom stereocenters. The first kappa shape index (κ1) is 9.08. The van der Waals surface area contributed by atoms with Gasteiger partial charge in [-0.1, -0.05) is 5.92 Å². The number of terminal acetylenes is 1. The number of esters is 1. The highest BCUT2D eigenvalue weighted by atomic mass is 16.5. The topological polar surface area (TPSA) is 35.5 Å². The predicted molar refractivity (Wildman–Crippen MR) is 43.3 cm³/mol. The van der Waals surface area contributed by atoms with Gasteiger partial charge >= 0.3 is 5.97 Å². The van der Waals surface area contributed by atoms with Gasteiger partial charge in [-0.25, -0.2) is 0 Å². The van der Waals surface area contributed by atoms with E-state index in [1.165, 1.54) is 7.11 Å². The van der Waals surface area contributed by atoms with Gasteiger partial charge in [0, 0.05) is 0 Å². The van der Waals surface area contributed by atoms with Crippen LogP contribution in [0.4, 0.5) is 0 Å². The molecule has 66 valence electrons. The molecular formula is C9H12O3. The summed E-state index contributed by atoms with van der Waals surface area (Å²) < 4.78 is 9.73. The van der Waals surface area contributed by atoms with E-state index in [4.69, 9.17) is 11.2 Å². The minimum Gasteiger partial charge on any atom is -0.469 e. The smallest absolute Gasteiger partial charge is 0.314 e. The molecule has 0 radical (unpaired) electrons. The Morgan fingerprint density at radius 3 is 2.75 bits per heavy atom. The Bertz CT molecular complexity index is 210. The van der Waals surface area contributed by atoms with Crippen LogP contribution >= 0.6 is 0 Å². The summed E-state index contributed by atoms with van der Waals surface area (Å²) in [6.07, 6.45) is 6.70. The summed E-state index contributed by atoms with van der Waals surface area (Å²) in [4.78, 5) is 11.1. The van der Waals surface area contributed by atoms with Crippen molar-refractivity contribution in [2.75, 3.05) is 20.3 Å². The van der Waals surface area contributed by atoms with Crippen LogP contribution in [-0.2, 0) is 14.3 Å². The average Bonchev–Trinajstić information content (AvgIpc) is 2.85. The van der Waals surface area contributed by atoms with Crippen molar-refractivity contribution in [2.24, 2.45) is 5.41 Å². The summed E-state index contributed by atoms with van der Waals surface area (Å²) in [7, 11) is 1.39. The molecule has 3 nitrogen and oxygen atoms in total. The summed E-state index contributed by atoms with van der Waals surface area (Å²) in [5.74, 6) is 2.17. The normalized spacial score (nSPS) is 18.0. The Morgan fingerprint density at radius 1 is 1.67 bits per heavy atom. The van der Waals surface area contributed by atoms with Gasteiger partial charge in [-0.2, -0.15) is 0 Å². The van der Waals surface area contributed by atoms with Crippen LogP contribution in [0.1, 0.15) is 12.8 Å². The number of ether oxygens (including phenoxy) is 2. The first-order valence-electron chi connectivity index (χ1n) is 3.85. The Labute approximate surface area is 72.0 Å². The Morgan fingerprint density at radius 2 is 2.33 bits per heavy atom. The third kappa shape index (κ3) is 1.77. The maximum absolute atomic E-state index is 11.1. The van der Waals surface area contributed by atoms with E-state index < -0.39 is 0 Å². The van der Waals surface area contributed by atoms with Gasteiger partial charge in [-0.05, 0) is 12.8 Å². The van der Waals surface area contributed by atoms with Crippen LogP contribution in [0.2, 0.25) is 0 Å². The van der Waals surface area contributed by atoms with E-state index in [0.29, 0.717) is 6.61 Å². The molecule has 1 aliphatic carbocycles. The monoisotopic (exact) mass is 168 g/mol. The second kappa shape index (κ2) is 3.59. The van der Waals surface area contributed by atoms with E-state index >= 15 is 0 Å². The summed E-state index contributed by atoms with van der Waals surface area (Å²) in [5, 5.41) is 0. The highest BCUT2D eigenvalue weighted by Crippen LogP contribution is 2.46. The first-order chi connectivity index (χ1) is 5.75. The van der Waals surface area contributed by atoms with Crippen molar-refractivity contribution in [1.29, 1.82) is 0 Å². The molecule has 0 unspecified atom stereocenters. The quantitative estimate of drug-likeness (QED) is 0.350. The molecule has 0 aromatic heterocycles. The van der Waals surface area contributed by atoms with E-state index in [1.807, 2.05) is 0 Å². The minimum absolute atomic E-state index is 0.181. The molecule has 0 aromatic rings. The largest absolute Gasteiger partial charge is 0.469 e. The number of carbonyl (C=O) groups is 1. The second-order valence-corrected chi connectivity index (χ2v) is 2.97. The molecule has 0 saturated heterocycles.